The van der Waals surface area contributed by atoms with Gasteiger partial charge in [-0.3, -0.25) is 9.78 Å². The molecule has 1 aliphatic heterocycles. The van der Waals surface area contributed by atoms with Crippen LogP contribution in [0.4, 0.5) is 0 Å². The Morgan fingerprint density at radius 1 is 1.53 bits per heavy atom. The highest BCUT2D eigenvalue weighted by Gasteiger charge is 2.19. The van der Waals surface area contributed by atoms with Crippen molar-refractivity contribution >= 4 is 5.91 Å². The molecule has 2 rings (SSSR count). The zero-order valence-corrected chi connectivity index (χ0v) is 10.2. The Morgan fingerprint density at radius 2 is 2.41 bits per heavy atom. The molecular weight excluding hydrogens is 214 g/mol. The molecule has 0 radical (unpaired) electrons. The van der Waals surface area contributed by atoms with Crippen LogP contribution in [0.1, 0.15) is 30.7 Å². The molecule has 1 fully saturated rings. The zero-order chi connectivity index (χ0) is 12.1. The summed E-state index contributed by atoms with van der Waals surface area (Å²) in [6, 6.07) is 5.83. The molecule has 17 heavy (non-hydrogen) atoms. The first-order valence-electron chi connectivity index (χ1n) is 6.19. The molecule has 1 aromatic heterocycles. The van der Waals surface area contributed by atoms with Gasteiger partial charge in [-0.25, -0.2) is 0 Å². The van der Waals surface area contributed by atoms with E-state index in [1.807, 2.05) is 25.1 Å². The van der Waals surface area contributed by atoms with Crippen molar-refractivity contribution in [2.24, 2.45) is 0 Å². The van der Waals surface area contributed by atoms with Gasteiger partial charge in [0.05, 0.1) is 18.3 Å². The second kappa shape index (κ2) is 5.77. The molecule has 4 heteroatoms. The van der Waals surface area contributed by atoms with Crippen LogP contribution in [0.15, 0.2) is 18.2 Å². The molecule has 0 saturated carbocycles. The van der Waals surface area contributed by atoms with Crippen molar-refractivity contribution in [1.29, 1.82) is 0 Å². The number of piperidine rings is 1. The van der Waals surface area contributed by atoms with Gasteiger partial charge in [0, 0.05) is 5.69 Å². The summed E-state index contributed by atoms with van der Waals surface area (Å²) in [4.78, 5) is 16.2. The number of hydrogen-bond donors (Lipinski definition) is 2. The summed E-state index contributed by atoms with van der Waals surface area (Å²) in [5, 5.41) is 6.17. The van der Waals surface area contributed by atoms with Crippen LogP contribution in [0, 0.1) is 6.92 Å². The number of amides is 1. The average molecular weight is 233 g/mol. The van der Waals surface area contributed by atoms with Gasteiger partial charge >= 0.3 is 0 Å². The molecule has 0 aromatic carbocycles. The van der Waals surface area contributed by atoms with Gasteiger partial charge < -0.3 is 10.6 Å². The Kier molecular flexibility index (Phi) is 4.09. The first-order chi connectivity index (χ1) is 8.25. The molecular formula is C13H19N3O. The Balaban J connectivity index is 1.83. The van der Waals surface area contributed by atoms with Crippen LogP contribution in [-0.4, -0.2) is 23.5 Å². The summed E-state index contributed by atoms with van der Waals surface area (Å²) in [6.07, 6.45) is 3.24. The molecule has 2 heterocycles. The minimum absolute atomic E-state index is 0.0199. The predicted octanol–water partition coefficient (Wildman–Crippen LogP) is 1.15. The third-order valence-corrected chi connectivity index (χ3v) is 3.02. The number of nitrogens with zero attached hydrogens (tertiary/aromatic N) is 1. The highest BCUT2D eigenvalue weighted by molar-refractivity contribution is 5.81. The van der Waals surface area contributed by atoms with Gasteiger partial charge in [-0.2, -0.15) is 0 Å². The van der Waals surface area contributed by atoms with Crippen molar-refractivity contribution in [3.63, 3.8) is 0 Å². The van der Waals surface area contributed by atoms with Crippen LogP contribution < -0.4 is 10.6 Å². The standard InChI is InChI=1S/C13H19N3O/c1-10-5-4-6-11(16-10)9-15-13(17)12-7-2-3-8-14-12/h4-6,12,14H,2-3,7-9H2,1H3,(H,15,17). The number of aryl methyl sites for hydroxylation is 1. The molecule has 1 amide bonds. The van der Waals surface area contributed by atoms with E-state index in [0.29, 0.717) is 6.54 Å². The fraction of sp³-hybridized carbons (Fsp3) is 0.538. The van der Waals surface area contributed by atoms with E-state index in [-0.39, 0.29) is 11.9 Å². The Labute approximate surface area is 102 Å². The molecule has 92 valence electrons. The molecule has 1 atom stereocenters. The fourth-order valence-electron chi connectivity index (χ4n) is 2.07. The lowest BCUT2D eigenvalue weighted by atomic mass is 10.0. The molecule has 1 unspecified atom stereocenters. The second-order valence-electron chi connectivity index (χ2n) is 4.49. The third kappa shape index (κ3) is 3.53. The molecule has 1 aliphatic rings. The van der Waals surface area contributed by atoms with Gasteiger partial charge in [-0.15, -0.1) is 0 Å². The quantitative estimate of drug-likeness (QED) is 0.823. The average Bonchev–Trinajstić information content (AvgIpc) is 2.37. The second-order valence-corrected chi connectivity index (χ2v) is 4.49. The fourth-order valence-corrected chi connectivity index (χ4v) is 2.07. The van der Waals surface area contributed by atoms with E-state index in [1.54, 1.807) is 0 Å². The Hall–Kier alpha value is -1.42. The first-order valence-corrected chi connectivity index (χ1v) is 6.19. The van der Waals surface area contributed by atoms with Gasteiger partial charge in [-0.1, -0.05) is 12.5 Å². The molecule has 0 spiro atoms. The molecule has 1 aromatic rings. The van der Waals surface area contributed by atoms with E-state index in [0.717, 1.165) is 30.8 Å². The maximum atomic E-state index is 11.9. The molecule has 0 bridgehead atoms. The topological polar surface area (TPSA) is 54.0 Å². The lowest BCUT2D eigenvalue weighted by Crippen LogP contribution is -2.46. The largest absolute Gasteiger partial charge is 0.349 e. The summed E-state index contributed by atoms with van der Waals surface area (Å²) in [5.41, 5.74) is 1.89. The number of pyridine rings is 1. The molecule has 0 aliphatic carbocycles. The van der Waals surface area contributed by atoms with Crippen LogP contribution in [0.3, 0.4) is 0 Å². The van der Waals surface area contributed by atoms with Crippen LogP contribution >= 0.6 is 0 Å². The molecule has 2 N–H and O–H groups in total. The van der Waals surface area contributed by atoms with Crippen molar-refractivity contribution < 1.29 is 4.79 Å². The summed E-state index contributed by atoms with van der Waals surface area (Å²) in [5.74, 6) is 0.0907. The van der Waals surface area contributed by atoms with E-state index in [4.69, 9.17) is 0 Å². The molecule has 4 nitrogen and oxygen atoms in total. The van der Waals surface area contributed by atoms with E-state index in [2.05, 4.69) is 15.6 Å². The Morgan fingerprint density at radius 3 is 3.12 bits per heavy atom. The van der Waals surface area contributed by atoms with Gasteiger partial charge in [-0.05, 0) is 38.4 Å². The Bertz CT molecular complexity index is 386. The van der Waals surface area contributed by atoms with Crippen molar-refractivity contribution in [3.05, 3.63) is 29.6 Å². The number of carbonyl (C=O) groups is 1. The van der Waals surface area contributed by atoms with E-state index in [1.165, 1.54) is 6.42 Å². The summed E-state index contributed by atoms with van der Waals surface area (Å²) in [7, 11) is 0. The van der Waals surface area contributed by atoms with Crippen molar-refractivity contribution in [3.8, 4) is 0 Å². The smallest absolute Gasteiger partial charge is 0.237 e. The van der Waals surface area contributed by atoms with Crippen LogP contribution in [0.25, 0.3) is 0 Å². The molecule has 1 saturated heterocycles. The summed E-state index contributed by atoms with van der Waals surface area (Å²) in [6.45, 7) is 3.41. The highest BCUT2D eigenvalue weighted by Crippen LogP contribution is 2.07. The van der Waals surface area contributed by atoms with Crippen molar-refractivity contribution in [1.82, 2.24) is 15.6 Å². The van der Waals surface area contributed by atoms with Crippen molar-refractivity contribution in [2.75, 3.05) is 6.54 Å². The maximum Gasteiger partial charge on any atom is 0.237 e. The lowest BCUT2D eigenvalue weighted by molar-refractivity contribution is -0.123. The van der Waals surface area contributed by atoms with E-state index < -0.39 is 0 Å². The monoisotopic (exact) mass is 233 g/mol. The van der Waals surface area contributed by atoms with Gasteiger partial charge in [0.1, 0.15) is 0 Å². The van der Waals surface area contributed by atoms with Gasteiger partial charge in [0.2, 0.25) is 5.91 Å². The summed E-state index contributed by atoms with van der Waals surface area (Å²) >= 11 is 0. The van der Waals surface area contributed by atoms with Crippen LogP contribution in [0.5, 0.6) is 0 Å². The third-order valence-electron chi connectivity index (χ3n) is 3.02. The number of hydrogen-bond acceptors (Lipinski definition) is 3. The van der Waals surface area contributed by atoms with Crippen LogP contribution in [0.2, 0.25) is 0 Å². The van der Waals surface area contributed by atoms with E-state index in [9.17, 15) is 4.79 Å². The van der Waals surface area contributed by atoms with E-state index >= 15 is 0 Å². The lowest BCUT2D eigenvalue weighted by Gasteiger charge is -2.22. The first kappa shape index (κ1) is 12.0. The van der Waals surface area contributed by atoms with Crippen LogP contribution in [-0.2, 0) is 11.3 Å². The normalized spacial score (nSPS) is 19.9. The van der Waals surface area contributed by atoms with Crippen molar-refractivity contribution in [2.45, 2.75) is 38.8 Å². The number of nitrogens with one attached hydrogen (secondary N) is 2. The zero-order valence-electron chi connectivity index (χ0n) is 10.2. The highest BCUT2D eigenvalue weighted by atomic mass is 16.2. The summed E-state index contributed by atoms with van der Waals surface area (Å²) < 4.78 is 0. The number of rotatable bonds is 3. The van der Waals surface area contributed by atoms with Gasteiger partial charge in [0.25, 0.3) is 0 Å². The maximum absolute atomic E-state index is 11.9. The number of aromatic nitrogens is 1. The minimum atomic E-state index is -0.0199. The SMILES string of the molecule is Cc1cccc(CNC(=O)C2CCCCN2)n1. The minimum Gasteiger partial charge on any atom is -0.349 e. The van der Waals surface area contributed by atoms with Gasteiger partial charge in [0.15, 0.2) is 0 Å². The number of carbonyl (C=O) groups excluding carboxylic acids is 1. The predicted molar refractivity (Wildman–Crippen MR) is 66.5 cm³/mol.